The van der Waals surface area contributed by atoms with Crippen molar-refractivity contribution in [3.8, 4) is 5.75 Å². The van der Waals surface area contributed by atoms with E-state index in [2.05, 4.69) is 21.2 Å². The van der Waals surface area contributed by atoms with Crippen LogP contribution in [0, 0.1) is 0 Å². The van der Waals surface area contributed by atoms with Crippen molar-refractivity contribution < 1.29 is 9.53 Å². The van der Waals surface area contributed by atoms with Crippen LogP contribution in [0.1, 0.15) is 19.8 Å². The monoisotopic (exact) mass is 303 g/mol. The van der Waals surface area contributed by atoms with Gasteiger partial charge >= 0.3 is 0 Å². The van der Waals surface area contributed by atoms with Crippen molar-refractivity contribution in [2.45, 2.75) is 31.8 Å². The Balaban J connectivity index is 1.56. The van der Waals surface area contributed by atoms with Gasteiger partial charge in [-0.1, -0.05) is 12.1 Å². The molecule has 0 unspecified atom stereocenters. The van der Waals surface area contributed by atoms with Gasteiger partial charge in [0.25, 0.3) is 0 Å². The van der Waals surface area contributed by atoms with E-state index in [4.69, 9.17) is 4.74 Å². The molecule has 1 aromatic carbocycles. The molecule has 0 spiro atoms. The molecule has 1 saturated carbocycles. The van der Waals surface area contributed by atoms with E-state index in [-0.39, 0.29) is 11.9 Å². The Morgan fingerprint density at radius 3 is 2.55 bits per heavy atom. The van der Waals surface area contributed by atoms with E-state index in [1.165, 1.54) is 0 Å². The molecular weight excluding hydrogens is 278 g/mol. The number of nitrogens with zero attached hydrogens (tertiary/aromatic N) is 2. The van der Waals surface area contributed by atoms with Crippen molar-refractivity contribution in [2.24, 2.45) is 0 Å². The lowest BCUT2D eigenvalue weighted by atomic mass is 10.2. The van der Waals surface area contributed by atoms with E-state index in [9.17, 15) is 4.79 Å². The summed E-state index contributed by atoms with van der Waals surface area (Å²) < 4.78 is 5.44. The Bertz CT molecular complexity index is 522. The number of ether oxygens (including phenoxy) is 1. The van der Waals surface area contributed by atoms with Gasteiger partial charge in [-0.05, 0) is 31.9 Å². The Morgan fingerprint density at radius 1 is 1.23 bits per heavy atom. The SMILES string of the molecule is COc1ccccc1N1CCN([C@H](C)C(=O)NC2CC2)CC1. The summed E-state index contributed by atoms with van der Waals surface area (Å²) in [6.45, 7) is 5.65. The maximum atomic E-state index is 12.2. The largest absolute Gasteiger partial charge is 0.495 e. The third kappa shape index (κ3) is 3.35. The van der Waals surface area contributed by atoms with Gasteiger partial charge in [-0.25, -0.2) is 0 Å². The number of carbonyl (C=O) groups is 1. The predicted octanol–water partition coefficient (Wildman–Crippen LogP) is 1.48. The number of anilines is 1. The van der Waals surface area contributed by atoms with Crippen LogP contribution in [0.4, 0.5) is 5.69 Å². The molecule has 2 aliphatic rings. The first-order valence-electron chi connectivity index (χ1n) is 8.11. The first kappa shape index (κ1) is 15.2. The summed E-state index contributed by atoms with van der Waals surface area (Å²) in [7, 11) is 1.71. The summed E-state index contributed by atoms with van der Waals surface area (Å²) >= 11 is 0. The first-order valence-corrected chi connectivity index (χ1v) is 8.11. The topological polar surface area (TPSA) is 44.8 Å². The number of rotatable bonds is 5. The third-order valence-electron chi connectivity index (χ3n) is 4.59. The van der Waals surface area contributed by atoms with Crippen LogP contribution in [0.2, 0.25) is 0 Å². The van der Waals surface area contributed by atoms with Gasteiger partial charge in [0.05, 0.1) is 18.8 Å². The number of carbonyl (C=O) groups excluding carboxylic acids is 1. The summed E-state index contributed by atoms with van der Waals surface area (Å²) in [5.74, 6) is 1.09. The summed E-state index contributed by atoms with van der Waals surface area (Å²) in [5, 5.41) is 3.10. The molecule has 0 radical (unpaired) electrons. The number of amides is 1. The van der Waals surface area contributed by atoms with Crippen molar-refractivity contribution in [1.29, 1.82) is 0 Å². The molecule has 0 bridgehead atoms. The van der Waals surface area contributed by atoms with Crippen LogP contribution < -0.4 is 15.0 Å². The molecule has 1 atom stereocenters. The maximum Gasteiger partial charge on any atom is 0.237 e. The summed E-state index contributed by atoms with van der Waals surface area (Å²) in [6.07, 6.45) is 2.28. The molecule has 0 aromatic heterocycles. The van der Waals surface area contributed by atoms with E-state index in [0.717, 1.165) is 50.5 Å². The lowest BCUT2D eigenvalue weighted by Gasteiger charge is -2.38. The van der Waals surface area contributed by atoms with Crippen molar-refractivity contribution in [3.63, 3.8) is 0 Å². The minimum absolute atomic E-state index is 0.0413. The van der Waals surface area contributed by atoms with Gasteiger partial charge < -0.3 is 15.0 Å². The van der Waals surface area contributed by atoms with Gasteiger partial charge in [-0.2, -0.15) is 0 Å². The molecule has 1 aromatic rings. The van der Waals surface area contributed by atoms with Crippen LogP contribution in [0.5, 0.6) is 5.75 Å². The Morgan fingerprint density at radius 2 is 1.91 bits per heavy atom. The number of benzene rings is 1. The second-order valence-electron chi connectivity index (χ2n) is 6.15. The highest BCUT2D eigenvalue weighted by molar-refractivity contribution is 5.81. The fourth-order valence-corrected chi connectivity index (χ4v) is 2.96. The second-order valence-corrected chi connectivity index (χ2v) is 6.15. The molecule has 1 heterocycles. The van der Waals surface area contributed by atoms with Crippen molar-refractivity contribution in [2.75, 3.05) is 38.2 Å². The Labute approximate surface area is 132 Å². The fraction of sp³-hybridized carbons (Fsp3) is 0.588. The molecule has 1 saturated heterocycles. The minimum atomic E-state index is -0.0413. The van der Waals surface area contributed by atoms with Crippen LogP contribution in [-0.4, -0.2) is 56.2 Å². The number of hydrogen-bond donors (Lipinski definition) is 1. The van der Waals surface area contributed by atoms with Crippen LogP contribution in [0.3, 0.4) is 0 Å². The normalized spacial score (nSPS) is 20.5. The quantitative estimate of drug-likeness (QED) is 0.895. The number of piperazine rings is 1. The summed E-state index contributed by atoms with van der Waals surface area (Å²) in [6, 6.07) is 8.51. The molecule has 1 aliphatic carbocycles. The van der Waals surface area contributed by atoms with E-state index >= 15 is 0 Å². The molecule has 5 nitrogen and oxygen atoms in total. The molecule has 1 amide bonds. The van der Waals surface area contributed by atoms with E-state index < -0.39 is 0 Å². The molecule has 22 heavy (non-hydrogen) atoms. The lowest BCUT2D eigenvalue weighted by molar-refractivity contribution is -0.126. The van der Waals surface area contributed by atoms with Crippen molar-refractivity contribution >= 4 is 11.6 Å². The van der Waals surface area contributed by atoms with Crippen LogP contribution in [-0.2, 0) is 4.79 Å². The van der Waals surface area contributed by atoms with Crippen molar-refractivity contribution in [1.82, 2.24) is 10.2 Å². The van der Waals surface area contributed by atoms with E-state index in [0.29, 0.717) is 6.04 Å². The third-order valence-corrected chi connectivity index (χ3v) is 4.59. The highest BCUT2D eigenvalue weighted by Crippen LogP contribution is 2.28. The minimum Gasteiger partial charge on any atom is -0.495 e. The van der Waals surface area contributed by atoms with E-state index in [1.807, 2.05) is 25.1 Å². The molecule has 5 heteroatoms. The molecule has 2 fully saturated rings. The Hall–Kier alpha value is -1.75. The molecular formula is C17H25N3O2. The summed E-state index contributed by atoms with van der Waals surface area (Å²) in [5.41, 5.74) is 1.14. The number of nitrogens with one attached hydrogen (secondary N) is 1. The lowest BCUT2D eigenvalue weighted by Crippen LogP contribution is -2.54. The van der Waals surface area contributed by atoms with Gasteiger partial charge in [0.15, 0.2) is 0 Å². The van der Waals surface area contributed by atoms with Gasteiger partial charge in [-0.3, -0.25) is 9.69 Å². The predicted molar refractivity (Wildman–Crippen MR) is 87.4 cm³/mol. The number of hydrogen-bond acceptors (Lipinski definition) is 4. The van der Waals surface area contributed by atoms with Gasteiger partial charge in [0.1, 0.15) is 5.75 Å². The Kier molecular flexibility index (Phi) is 4.52. The van der Waals surface area contributed by atoms with Crippen LogP contribution >= 0.6 is 0 Å². The van der Waals surface area contributed by atoms with Gasteiger partial charge in [0, 0.05) is 32.2 Å². The van der Waals surface area contributed by atoms with E-state index in [1.54, 1.807) is 7.11 Å². The van der Waals surface area contributed by atoms with Crippen molar-refractivity contribution in [3.05, 3.63) is 24.3 Å². The molecule has 3 rings (SSSR count). The standard InChI is InChI=1S/C17H25N3O2/c1-13(17(21)18-14-7-8-14)19-9-11-20(12-10-19)15-5-3-4-6-16(15)22-2/h3-6,13-14H,7-12H2,1-2H3,(H,18,21)/t13-/m1/s1. The maximum absolute atomic E-state index is 12.2. The highest BCUT2D eigenvalue weighted by atomic mass is 16.5. The number of para-hydroxylation sites is 2. The number of methoxy groups -OCH3 is 1. The highest BCUT2D eigenvalue weighted by Gasteiger charge is 2.30. The van der Waals surface area contributed by atoms with Crippen LogP contribution in [0.15, 0.2) is 24.3 Å². The summed E-state index contributed by atoms with van der Waals surface area (Å²) in [4.78, 5) is 16.8. The first-order chi connectivity index (χ1) is 10.7. The molecule has 1 aliphatic heterocycles. The smallest absolute Gasteiger partial charge is 0.237 e. The van der Waals surface area contributed by atoms with Gasteiger partial charge in [-0.15, -0.1) is 0 Å². The van der Waals surface area contributed by atoms with Gasteiger partial charge in [0.2, 0.25) is 5.91 Å². The average molecular weight is 303 g/mol. The van der Waals surface area contributed by atoms with Crippen LogP contribution in [0.25, 0.3) is 0 Å². The zero-order valence-electron chi connectivity index (χ0n) is 13.4. The second kappa shape index (κ2) is 6.57. The zero-order chi connectivity index (χ0) is 15.5. The molecule has 120 valence electrons. The fourth-order valence-electron chi connectivity index (χ4n) is 2.96. The molecule has 1 N–H and O–H groups in total. The zero-order valence-corrected chi connectivity index (χ0v) is 13.4. The average Bonchev–Trinajstić information content (AvgIpc) is 3.38.